The van der Waals surface area contributed by atoms with Crippen LogP contribution < -0.4 is 10.1 Å². The molecule has 0 saturated heterocycles. The molecule has 1 N–H and O–H groups in total. The Labute approximate surface area is 141 Å². The molecule has 120 valence electrons. The number of methoxy groups -OCH3 is 1. The highest BCUT2D eigenvalue weighted by atomic mass is 16.5. The topological polar surface area (TPSA) is 51.2 Å². The monoisotopic (exact) mass is 318 g/mol. The van der Waals surface area contributed by atoms with E-state index in [1.165, 1.54) is 0 Å². The number of amides is 1. The lowest BCUT2D eigenvalue weighted by molar-refractivity contribution is 0.0948. The summed E-state index contributed by atoms with van der Waals surface area (Å²) >= 11 is 0. The van der Waals surface area contributed by atoms with Gasteiger partial charge in [0, 0.05) is 18.3 Å². The molecule has 0 saturated carbocycles. The van der Waals surface area contributed by atoms with Gasteiger partial charge in [0.25, 0.3) is 5.91 Å². The SMILES string of the molecule is COc1ccccc1C(=O)NCc1cccnc1-c1ccccc1. The summed E-state index contributed by atoms with van der Waals surface area (Å²) in [6, 6.07) is 20.9. The van der Waals surface area contributed by atoms with Crippen LogP contribution in [0, 0.1) is 0 Å². The Kier molecular flexibility index (Phi) is 4.87. The van der Waals surface area contributed by atoms with Gasteiger partial charge in [-0.2, -0.15) is 0 Å². The minimum atomic E-state index is -0.171. The van der Waals surface area contributed by atoms with E-state index in [0.717, 1.165) is 16.8 Å². The van der Waals surface area contributed by atoms with Gasteiger partial charge in [0.2, 0.25) is 0 Å². The van der Waals surface area contributed by atoms with Crippen molar-refractivity contribution in [3.63, 3.8) is 0 Å². The van der Waals surface area contributed by atoms with Gasteiger partial charge in [0.05, 0.1) is 18.4 Å². The molecule has 0 fully saturated rings. The molecule has 0 aliphatic carbocycles. The van der Waals surface area contributed by atoms with Crippen LogP contribution in [-0.4, -0.2) is 18.0 Å². The summed E-state index contributed by atoms with van der Waals surface area (Å²) in [7, 11) is 1.56. The number of hydrogen-bond donors (Lipinski definition) is 1. The zero-order valence-electron chi connectivity index (χ0n) is 13.4. The lowest BCUT2D eigenvalue weighted by Gasteiger charge is -2.11. The van der Waals surface area contributed by atoms with Gasteiger partial charge in [-0.15, -0.1) is 0 Å². The smallest absolute Gasteiger partial charge is 0.255 e. The lowest BCUT2D eigenvalue weighted by Crippen LogP contribution is -2.23. The number of pyridine rings is 1. The van der Waals surface area contributed by atoms with Gasteiger partial charge in [-0.05, 0) is 23.8 Å². The second-order valence-corrected chi connectivity index (χ2v) is 5.26. The minimum Gasteiger partial charge on any atom is -0.496 e. The summed E-state index contributed by atoms with van der Waals surface area (Å²) in [5.41, 5.74) is 3.38. The van der Waals surface area contributed by atoms with Crippen molar-refractivity contribution in [3.05, 3.63) is 84.1 Å². The third kappa shape index (κ3) is 3.43. The van der Waals surface area contributed by atoms with Crippen molar-refractivity contribution in [2.45, 2.75) is 6.54 Å². The Bertz CT molecular complexity index is 832. The largest absolute Gasteiger partial charge is 0.496 e. The quantitative estimate of drug-likeness (QED) is 0.780. The van der Waals surface area contributed by atoms with Gasteiger partial charge in [-0.3, -0.25) is 9.78 Å². The van der Waals surface area contributed by atoms with E-state index in [0.29, 0.717) is 17.9 Å². The fourth-order valence-corrected chi connectivity index (χ4v) is 2.54. The predicted molar refractivity (Wildman–Crippen MR) is 93.8 cm³/mol. The van der Waals surface area contributed by atoms with Gasteiger partial charge in [-0.1, -0.05) is 48.5 Å². The fraction of sp³-hybridized carbons (Fsp3) is 0.100. The number of benzene rings is 2. The van der Waals surface area contributed by atoms with Crippen molar-refractivity contribution in [1.82, 2.24) is 10.3 Å². The highest BCUT2D eigenvalue weighted by Gasteiger charge is 2.12. The Balaban J connectivity index is 1.79. The van der Waals surface area contributed by atoms with E-state index in [4.69, 9.17) is 4.74 Å². The number of para-hydroxylation sites is 1. The molecule has 2 aromatic carbocycles. The maximum atomic E-state index is 12.4. The lowest BCUT2D eigenvalue weighted by atomic mass is 10.1. The third-order valence-corrected chi connectivity index (χ3v) is 3.73. The Hall–Kier alpha value is -3.14. The number of hydrogen-bond acceptors (Lipinski definition) is 3. The van der Waals surface area contributed by atoms with E-state index in [1.54, 1.807) is 25.4 Å². The van der Waals surface area contributed by atoms with Crippen molar-refractivity contribution < 1.29 is 9.53 Å². The maximum absolute atomic E-state index is 12.4. The van der Waals surface area contributed by atoms with E-state index in [9.17, 15) is 4.79 Å². The molecule has 0 aliphatic heterocycles. The molecular weight excluding hydrogens is 300 g/mol. The molecule has 1 aromatic heterocycles. The average molecular weight is 318 g/mol. The minimum absolute atomic E-state index is 0.171. The third-order valence-electron chi connectivity index (χ3n) is 3.73. The molecule has 1 heterocycles. The van der Waals surface area contributed by atoms with Crippen molar-refractivity contribution >= 4 is 5.91 Å². The van der Waals surface area contributed by atoms with Crippen molar-refractivity contribution in [2.24, 2.45) is 0 Å². The molecule has 0 spiro atoms. The molecule has 1 amide bonds. The van der Waals surface area contributed by atoms with E-state index >= 15 is 0 Å². The first-order valence-electron chi connectivity index (χ1n) is 7.70. The highest BCUT2D eigenvalue weighted by molar-refractivity contribution is 5.96. The van der Waals surface area contributed by atoms with Gasteiger partial charge in [-0.25, -0.2) is 0 Å². The van der Waals surface area contributed by atoms with Crippen LogP contribution in [0.3, 0.4) is 0 Å². The number of carbonyl (C=O) groups excluding carboxylic acids is 1. The molecule has 0 bridgehead atoms. The van der Waals surface area contributed by atoms with Gasteiger partial charge in [0.15, 0.2) is 0 Å². The molecule has 0 radical (unpaired) electrons. The zero-order chi connectivity index (χ0) is 16.8. The van der Waals surface area contributed by atoms with Crippen molar-refractivity contribution in [3.8, 4) is 17.0 Å². The fourth-order valence-electron chi connectivity index (χ4n) is 2.54. The summed E-state index contributed by atoms with van der Waals surface area (Å²) in [5.74, 6) is 0.389. The number of rotatable bonds is 5. The number of ether oxygens (including phenoxy) is 1. The van der Waals surface area contributed by atoms with Crippen LogP contribution >= 0.6 is 0 Å². The average Bonchev–Trinajstić information content (AvgIpc) is 2.67. The van der Waals surface area contributed by atoms with E-state index in [2.05, 4.69) is 10.3 Å². The molecular formula is C20H18N2O2. The molecule has 0 aliphatic rings. The first kappa shape index (κ1) is 15.7. The van der Waals surface area contributed by atoms with Crippen LogP contribution in [0.4, 0.5) is 0 Å². The molecule has 24 heavy (non-hydrogen) atoms. The second-order valence-electron chi connectivity index (χ2n) is 5.26. The van der Waals surface area contributed by atoms with Gasteiger partial charge >= 0.3 is 0 Å². The molecule has 4 heteroatoms. The van der Waals surface area contributed by atoms with Crippen LogP contribution in [-0.2, 0) is 6.54 Å². The standard InChI is InChI=1S/C20H18N2O2/c1-24-18-12-6-5-11-17(18)20(23)22-14-16-10-7-13-21-19(16)15-8-3-2-4-9-15/h2-13H,14H2,1H3,(H,22,23). The van der Waals surface area contributed by atoms with E-state index in [-0.39, 0.29) is 5.91 Å². The zero-order valence-corrected chi connectivity index (χ0v) is 13.4. The van der Waals surface area contributed by atoms with Crippen LogP contribution in [0.15, 0.2) is 72.9 Å². The van der Waals surface area contributed by atoms with E-state index in [1.807, 2.05) is 54.6 Å². The number of nitrogens with zero attached hydrogens (tertiary/aromatic N) is 1. The number of nitrogens with one attached hydrogen (secondary N) is 1. The molecule has 3 aromatic rings. The number of carbonyl (C=O) groups is 1. The summed E-state index contributed by atoms with van der Waals surface area (Å²) in [6.45, 7) is 0.398. The first-order chi connectivity index (χ1) is 11.8. The Morgan fingerprint density at radius 2 is 1.75 bits per heavy atom. The van der Waals surface area contributed by atoms with Crippen LogP contribution in [0.25, 0.3) is 11.3 Å². The van der Waals surface area contributed by atoms with Crippen LogP contribution in [0.5, 0.6) is 5.75 Å². The van der Waals surface area contributed by atoms with Crippen molar-refractivity contribution in [2.75, 3.05) is 7.11 Å². The van der Waals surface area contributed by atoms with Crippen LogP contribution in [0.2, 0.25) is 0 Å². The summed E-state index contributed by atoms with van der Waals surface area (Å²) in [5, 5.41) is 2.94. The Morgan fingerprint density at radius 3 is 2.54 bits per heavy atom. The van der Waals surface area contributed by atoms with Crippen molar-refractivity contribution in [1.29, 1.82) is 0 Å². The van der Waals surface area contributed by atoms with E-state index < -0.39 is 0 Å². The Morgan fingerprint density at radius 1 is 1.00 bits per heavy atom. The molecule has 4 nitrogen and oxygen atoms in total. The van der Waals surface area contributed by atoms with Crippen LogP contribution in [0.1, 0.15) is 15.9 Å². The predicted octanol–water partition coefficient (Wildman–Crippen LogP) is 3.69. The second kappa shape index (κ2) is 7.42. The number of aromatic nitrogens is 1. The van der Waals surface area contributed by atoms with Gasteiger partial charge < -0.3 is 10.1 Å². The molecule has 3 rings (SSSR count). The summed E-state index contributed by atoms with van der Waals surface area (Å²) < 4.78 is 5.24. The first-order valence-corrected chi connectivity index (χ1v) is 7.70. The highest BCUT2D eigenvalue weighted by Crippen LogP contribution is 2.21. The summed E-state index contributed by atoms with van der Waals surface area (Å²) in [6.07, 6.45) is 1.76. The molecule has 0 unspecified atom stereocenters. The normalized spacial score (nSPS) is 10.2. The maximum Gasteiger partial charge on any atom is 0.255 e. The van der Waals surface area contributed by atoms with Gasteiger partial charge in [0.1, 0.15) is 5.75 Å². The molecule has 0 atom stereocenters. The summed E-state index contributed by atoms with van der Waals surface area (Å²) in [4.78, 5) is 16.9.